The summed E-state index contributed by atoms with van der Waals surface area (Å²) in [7, 11) is 0. The molecule has 2 rings (SSSR count). The van der Waals surface area contributed by atoms with Crippen molar-refractivity contribution in [2.45, 2.75) is 13.0 Å². The van der Waals surface area contributed by atoms with Crippen LogP contribution < -0.4 is 10.6 Å². The van der Waals surface area contributed by atoms with Gasteiger partial charge in [0.2, 0.25) is 0 Å². The van der Waals surface area contributed by atoms with Crippen LogP contribution >= 0.6 is 0 Å². The van der Waals surface area contributed by atoms with Crippen molar-refractivity contribution in [3.8, 4) is 0 Å². The van der Waals surface area contributed by atoms with E-state index in [2.05, 4.69) is 17.2 Å². The number of carbonyl (C=O) groups is 2. The number of anilines is 2. The number of carbonyl (C=O) groups excluding carboxylic acids is 1. The average Bonchev–Trinajstić information content (AvgIpc) is 2.54. The smallest absolute Gasteiger partial charge is 0.330 e. The Morgan fingerprint density at radius 3 is 2.09 bits per heavy atom. The SMILES string of the molecule is C=C(C)C(=O)Nc1ccc(NC(C(=O)O)c2ccccc2)cc1. The molecule has 0 aromatic heterocycles. The number of hydrogen-bond acceptors (Lipinski definition) is 3. The van der Waals surface area contributed by atoms with Crippen molar-refractivity contribution in [2.75, 3.05) is 10.6 Å². The van der Waals surface area contributed by atoms with E-state index in [0.29, 0.717) is 22.5 Å². The minimum Gasteiger partial charge on any atom is -0.479 e. The molecule has 5 nitrogen and oxygen atoms in total. The van der Waals surface area contributed by atoms with Crippen molar-refractivity contribution >= 4 is 23.3 Å². The standard InChI is InChI=1S/C18H18N2O3/c1-12(2)17(21)20-15-10-8-14(9-11-15)19-16(18(22)23)13-6-4-3-5-7-13/h3-11,16,19H,1H2,2H3,(H,20,21)(H,22,23). The summed E-state index contributed by atoms with van der Waals surface area (Å²) >= 11 is 0. The van der Waals surface area contributed by atoms with Crippen LogP contribution in [-0.4, -0.2) is 17.0 Å². The summed E-state index contributed by atoms with van der Waals surface area (Å²) in [6.45, 7) is 5.20. The van der Waals surface area contributed by atoms with Gasteiger partial charge in [-0.2, -0.15) is 0 Å². The Kier molecular flexibility index (Phi) is 5.15. The first kappa shape index (κ1) is 16.3. The molecule has 0 spiro atoms. The van der Waals surface area contributed by atoms with Gasteiger partial charge in [-0.05, 0) is 36.8 Å². The Labute approximate surface area is 134 Å². The van der Waals surface area contributed by atoms with Gasteiger partial charge in [-0.25, -0.2) is 4.79 Å². The second-order valence-electron chi connectivity index (χ2n) is 5.14. The fourth-order valence-electron chi connectivity index (χ4n) is 1.99. The monoisotopic (exact) mass is 310 g/mol. The van der Waals surface area contributed by atoms with Crippen molar-refractivity contribution in [2.24, 2.45) is 0 Å². The largest absolute Gasteiger partial charge is 0.479 e. The third-order valence-electron chi connectivity index (χ3n) is 3.22. The summed E-state index contributed by atoms with van der Waals surface area (Å²) in [4.78, 5) is 23.0. The lowest BCUT2D eigenvalue weighted by molar-refractivity contribution is -0.138. The molecular formula is C18H18N2O3. The van der Waals surface area contributed by atoms with E-state index in [1.807, 2.05) is 6.07 Å². The first-order valence-corrected chi connectivity index (χ1v) is 7.08. The minimum absolute atomic E-state index is 0.251. The van der Waals surface area contributed by atoms with Crippen LogP contribution in [0.1, 0.15) is 18.5 Å². The van der Waals surface area contributed by atoms with Gasteiger partial charge in [-0.1, -0.05) is 36.9 Å². The first-order chi connectivity index (χ1) is 11.0. The zero-order valence-electron chi connectivity index (χ0n) is 12.7. The number of nitrogens with one attached hydrogen (secondary N) is 2. The van der Waals surface area contributed by atoms with E-state index in [-0.39, 0.29) is 5.91 Å². The molecule has 0 heterocycles. The Morgan fingerprint density at radius 2 is 1.57 bits per heavy atom. The second-order valence-corrected chi connectivity index (χ2v) is 5.14. The highest BCUT2D eigenvalue weighted by Gasteiger charge is 2.19. The quantitative estimate of drug-likeness (QED) is 0.714. The molecule has 1 amide bonds. The van der Waals surface area contributed by atoms with Crippen molar-refractivity contribution in [1.82, 2.24) is 0 Å². The highest BCUT2D eigenvalue weighted by atomic mass is 16.4. The van der Waals surface area contributed by atoms with Crippen LogP contribution in [-0.2, 0) is 9.59 Å². The highest BCUT2D eigenvalue weighted by molar-refractivity contribution is 6.02. The third-order valence-corrected chi connectivity index (χ3v) is 3.22. The molecule has 2 aromatic carbocycles. The molecule has 0 saturated heterocycles. The molecule has 0 saturated carbocycles. The molecule has 1 unspecified atom stereocenters. The van der Waals surface area contributed by atoms with E-state index in [4.69, 9.17) is 0 Å². The van der Waals surface area contributed by atoms with Gasteiger partial charge < -0.3 is 15.7 Å². The van der Waals surface area contributed by atoms with Crippen LogP contribution in [0, 0.1) is 0 Å². The van der Waals surface area contributed by atoms with Gasteiger partial charge in [0.15, 0.2) is 6.04 Å². The molecule has 23 heavy (non-hydrogen) atoms. The van der Waals surface area contributed by atoms with Gasteiger partial charge in [0.1, 0.15) is 0 Å². The number of carboxylic acid groups (broad SMARTS) is 1. The number of carboxylic acids is 1. The van der Waals surface area contributed by atoms with Gasteiger partial charge in [-0.15, -0.1) is 0 Å². The van der Waals surface area contributed by atoms with Crippen LogP contribution in [0.4, 0.5) is 11.4 Å². The highest BCUT2D eigenvalue weighted by Crippen LogP contribution is 2.21. The van der Waals surface area contributed by atoms with Crippen molar-refractivity contribution in [3.63, 3.8) is 0 Å². The number of amides is 1. The molecular weight excluding hydrogens is 292 g/mol. The lowest BCUT2D eigenvalue weighted by atomic mass is 10.1. The molecule has 0 bridgehead atoms. The summed E-state index contributed by atoms with van der Waals surface area (Å²) in [5, 5.41) is 15.1. The molecule has 3 N–H and O–H groups in total. The van der Waals surface area contributed by atoms with Crippen LogP contribution in [0.15, 0.2) is 66.7 Å². The summed E-state index contributed by atoms with van der Waals surface area (Å²) in [6.07, 6.45) is 0. The number of benzene rings is 2. The van der Waals surface area contributed by atoms with Crippen LogP contribution in [0.5, 0.6) is 0 Å². The van der Waals surface area contributed by atoms with Gasteiger partial charge >= 0.3 is 5.97 Å². The summed E-state index contributed by atoms with van der Waals surface area (Å²) in [5.74, 6) is -1.21. The van der Waals surface area contributed by atoms with E-state index in [1.165, 1.54) is 0 Å². The molecule has 0 aliphatic rings. The predicted molar refractivity (Wildman–Crippen MR) is 90.3 cm³/mol. The summed E-state index contributed by atoms with van der Waals surface area (Å²) in [6, 6.07) is 14.9. The normalized spacial score (nSPS) is 11.3. The van der Waals surface area contributed by atoms with Crippen molar-refractivity contribution < 1.29 is 14.7 Å². The van der Waals surface area contributed by atoms with Crippen LogP contribution in [0.3, 0.4) is 0 Å². The zero-order valence-corrected chi connectivity index (χ0v) is 12.7. The fraction of sp³-hybridized carbons (Fsp3) is 0.111. The van der Waals surface area contributed by atoms with Crippen LogP contribution in [0.2, 0.25) is 0 Å². The van der Waals surface area contributed by atoms with E-state index >= 15 is 0 Å². The Balaban J connectivity index is 2.11. The zero-order chi connectivity index (χ0) is 16.8. The molecule has 2 aromatic rings. The Morgan fingerprint density at radius 1 is 1.00 bits per heavy atom. The minimum atomic E-state index is -0.962. The molecule has 118 valence electrons. The van der Waals surface area contributed by atoms with Gasteiger partial charge in [0.05, 0.1) is 0 Å². The molecule has 0 aliphatic heterocycles. The molecule has 1 atom stereocenters. The Hall–Kier alpha value is -3.08. The fourth-order valence-corrected chi connectivity index (χ4v) is 1.99. The lowest BCUT2D eigenvalue weighted by Crippen LogP contribution is -2.20. The van der Waals surface area contributed by atoms with E-state index in [1.54, 1.807) is 55.5 Å². The molecule has 0 aliphatic carbocycles. The Bertz CT molecular complexity index is 709. The number of hydrogen-bond donors (Lipinski definition) is 3. The lowest BCUT2D eigenvalue weighted by Gasteiger charge is -2.16. The van der Waals surface area contributed by atoms with E-state index in [9.17, 15) is 14.7 Å². The predicted octanol–water partition coefficient (Wildman–Crippen LogP) is 3.44. The second kappa shape index (κ2) is 7.26. The topological polar surface area (TPSA) is 78.4 Å². The van der Waals surface area contributed by atoms with Crippen molar-refractivity contribution in [1.29, 1.82) is 0 Å². The average molecular weight is 310 g/mol. The number of rotatable bonds is 6. The van der Waals surface area contributed by atoms with Gasteiger partial charge in [-0.3, -0.25) is 4.79 Å². The van der Waals surface area contributed by atoms with Crippen molar-refractivity contribution in [3.05, 3.63) is 72.3 Å². The maximum Gasteiger partial charge on any atom is 0.330 e. The number of aliphatic carboxylic acids is 1. The third kappa shape index (κ3) is 4.44. The summed E-state index contributed by atoms with van der Waals surface area (Å²) < 4.78 is 0. The van der Waals surface area contributed by atoms with Crippen LogP contribution in [0.25, 0.3) is 0 Å². The van der Waals surface area contributed by atoms with E-state index in [0.717, 1.165) is 0 Å². The van der Waals surface area contributed by atoms with Gasteiger partial charge in [0.25, 0.3) is 5.91 Å². The molecule has 0 fully saturated rings. The first-order valence-electron chi connectivity index (χ1n) is 7.08. The van der Waals surface area contributed by atoms with Gasteiger partial charge in [0, 0.05) is 16.9 Å². The maximum absolute atomic E-state index is 11.5. The maximum atomic E-state index is 11.5. The molecule has 5 heteroatoms. The molecule has 0 radical (unpaired) electrons. The van der Waals surface area contributed by atoms with E-state index < -0.39 is 12.0 Å². The summed E-state index contributed by atoms with van der Waals surface area (Å²) in [5.41, 5.74) is 2.35.